The molecule has 50 valence electrons. The van der Waals surface area contributed by atoms with Gasteiger partial charge in [-0.05, 0) is 0 Å². The minimum atomic E-state index is -3.74. The van der Waals surface area contributed by atoms with E-state index in [1.165, 1.54) is 0 Å². The van der Waals surface area contributed by atoms with E-state index in [0.29, 0.717) is 25.1 Å². The summed E-state index contributed by atoms with van der Waals surface area (Å²) in [4.78, 5) is 0. The normalized spacial score (nSPS) is 12.8. The van der Waals surface area contributed by atoms with Gasteiger partial charge in [0.05, 0.1) is 0 Å². The molecular weight excluding hydrogens is 321 g/mol. The number of alkyl halides is 4. The Hall–Kier alpha value is 0.616. The van der Waals surface area contributed by atoms with Crippen molar-refractivity contribution in [3.05, 3.63) is 0 Å². The first-order valence-electron chi connectivity index (χ1n) is 1.77. The zero-order valence-electron chi connectivity index (χ0n) is 3.74. The van der Waals surface area contributed by atoms with E-state index in [2.05, 4.69) is 0 Å². The Balaban J connectivity index is 3.71. The molecular formula is C3H4F4Po. The van der Waals surface area contributed by atoms with Crippen LogP contribution in [0.15, 0.2) is 0 Å². The van der Waals surface area contributed by atoms with Crippen LogP contribution in [0.5, 0.6) is 0 Å². The van der Waals surface area contributed by atoms with Crippen LogP contribution in [0.1, 0.15) is 0 Å². The predicted molar refractivity (Wildman–Crippen MR) is 22.9 cm³/mol. The first-order valence-corrected chi connectivity index (χ1v) is 4.23. The van der Waals surface area contributed by atoms with Crippen LogP contribution in [-0.2, 0) is 0 Å². The van der Waals surface area contributed by atoms with Gasteiger partial charge in [-0.15, -0.1) is 0 Å². The molecule has 0 fully saturated rings. The molecule has 8 heavy (non-hydrogen) atoms. The zero-order valence-corrected chi connectivity index (χ0v) is 7.22. The summed E-state index contributed by atoms with van der Waals surface area (Å²) in [7, 11) is 0. The SMILES string of the molecule is FC(F)C(F)(F)[CH2][PoH]. The van der Waals surface area contributed by atoms with Crippen LogP contribution in [0.25, 0.3) is 0 Å². The maximum atomic E-state index is 11.6. The van der Waals surface area contributed by atoms with E-state index in [-0.39, 0.29) is 0 Å². The van der Waals surface area contributed by atoms with Crippen molar-refractivity contribution in [3.63, 3.8) is 0 Å². The molecule has 0 amide bonds. The van der Waals surface area contributed by atoms with Gasteiger partial charge in [-0.2, -0.15) is 0 Å². The van der Waals surface area contributed by atoms with Crippen molar-refractivity contribution in [2.24, 2.45) is 0 Å². The third-order valence-electron chi connectivity index (χ3n) is 0.530. The van der Waals surface area contributed by atoms with Gasteiger partial charge in [0.15, 0.2) is 0 Å². The topological polar surface area (TPSA) is 0 Å². The van der Waals surface area contributed by atoms with Crippen LogP contribution in [-0.4, -0.2) is 37.4 Å². The summed E-state index contributed by atoms with van der Waals surface area (Å²) in [6, 6.07) is 0. The van der Waals surface area contributed by atoms with Crippen LogP contribution < -0.4 is 0 Å². The van der Waals surface area contributed by atoms with E-state index in [9.17, 15) is 17.6 Å². The van der Waals surface area contributed by atoms with Gasteiger partial charge in [0.25, 0.3) is 0 Å². The van der Waals surface area contributed by atoms with E-state index in [4.69, 9.17) is 0 Å². The molecule has 0 N–H and O–H groups in total. The van der Waals surface area contributed by atoms with Gasteiger partial charge in [0, 0.05) is 0 Å². The van der Waals surface area contributed by atoms with Crippen molar-refractivity contribution in [2.75, 3.05) is 0 Å². The van der Waals surface area contributed by atoms with Crippen LogP contribution in [0.4, 0.5) is 17.6 Å². The van der Waals surface area contributed by atoms with Crippen molar-refractivity contribution in [3.8, 4) is 0 Å². The first-order chi connectivity index (χ1) is 3.50. The van der Waals surface area contributed by atoms with E-state index in [1.54, 1.807) is 0 Å². The standard InChI is InChI=1S/C3H3F4.Po.H/c1-3(6,7)2(4)5;;/h2H,1H2;;. The number of hydrogen-bond acceptors (Lipinski definition) is 0. The van der Waals surface area contributed by atoms with E-state index in [0.717, 1.165) is 0 Å². The summed E-state index contributed by atoms with van der Waals surface area (Å²) in [6.45, 7) is 0. The maximum absolute atomic E-state index is 11.6. The Kier molecular flexibility index (Phi) is 3.19. The summed E-state index contributed by atoms with van der Waals surface area (Å²) >= 11 is 0.296. The van der Waals surface area contributed by atoms with Crippen LogP contribution in [0.3, 0.4) is 0 Å². The third kappa shape index (κ3) is 2.26. The van der Waals surface area contributed by atoms with E-state index < -0.39 is 16.4 Å². The molecule has 0 spiro atoms. The van der Waals surface area contributed by atoms with Gasteiger partial charge in [-0.25, -0.2) is 0 Å². The van der Waals surface area contributed by atoms with Gasteiger partial charge in [0.2, 0.25) is 0 Å². The van der Waals surface area contributed by atoms with Crippen molar-refractivity contribution >= 4 is 25.1 Å². The van der Waals surface area contributed by atoms with Gasteiger partial charge in [0.1, 0.15) is 0 Å². The Morgan fingerprint density at radius 2 is 1.75 bits per heavy atom. The molecule has 0 aromatic rings. The molecule has 0 unspecified atom stereocenters. The van der Waals surface area contributed by atoms with Crippen LogP contribution in [0.2, 0.25) is 4.08 Å². The molecule has 0 saturated heterocycles. The molecule has 0 aliphatic carbocycles. The molecule has 0 heterocycles. The van der Waals surface area contributed by atoms with E-state index in [1.807, 2.05) is 0 Å². The van der Waals surface area contributed by atoms with Crippen LogP contribution >= 0.6 is 0 Å². The summed E-state index contributed by atoms with van der Waals surface area (Å²) in [5, 5.41) is 0. The molecule has 0 aromatic heterocycles. The van der Waals surface area contributed by atoms with Crippen LogP contribution in [0, 0.1) is 0 Å². The molecule has 0 aromatic carbocycles. The fraction of sp³-hybridized carbons (Fsp3) is 1.00. The molecule has 5 heteroatoms. The quantitative estimate of drug-likeness (QED) is 0.670. The Morgan fingerprint density at radius 3 is 1.75 bits per heavy atom. The van der Waals surface area contributed by atoms with Crippen molar-refractivity contribution in [1.29, 1.82) is 0 Å². The molecule has 0 nitrogen and oxygen atoms in total. The fourth-order valence-corrected chi connectivity index (χ4v) is 0.606. The average molecular weight is 325 g/mol. The van der Waals surface area contributed by atoms with Gasteiger partial charge < -0.3 is 0 Å². The van der Waals surface area contributed by atoms with E-state index >= 15 is 0 Å². The Labute approximate surface area is 59.4 Å². The molecule has 0 saturated carbocycles. The first kappa shape index (κ1) is 8.62. The van der Waals surface area contributed by atoms with Crippen molar-refractivity contribution in [2.45, 2.75) is 16.4 Å². The molecule has 0 rings (SSSR count). The molecule has 0 atom stereocenters. The van der Waals surface area contributed by atoms with Gasteiger partial charge >= 0.3 is 59.1 Å². The number of rotatable bonds is 2. The van der Waals surface area contributed by atoms with Crippen molar-refractivity contribution < 1.29 is 17.6 Å². The average Bonchev–Trinajstić information content (AvgIpc) is 1.67. The molecule has 0 aliphatic rings. The minimum absolute atomic E-state index is 0.296. The third-order valence-corrected chi connectivity index (χ3v) is 2.17. The summed E-state index contributed by atoms with van der Waals surface area (Å²) in [5.41, 5.74) is 0. The second kappa shape index (κ2) is 2.96. The molecule has 0 aliphatic heterocycles. The fourth-order valence-electron chi connectivity index (χ4n) is 0.0690. The number of halogens is 4. The predicted octanol–water partition coefficient (Wildman–Crippen LogP) is 1.21. The molecule has 0 bridgehead atoms. The second-order valence-corrected chi connectivity index (χ2v) is 2.45. The number of hydrogen-bond donors (Lipinski definition) is 0. The summed E-state index contributed by atoms with van der Waals surface area (Å²) < 4.78 is 44.6. The summed E-state index contributed by atoms with van der Waals surface area (Å²) in [6.07, 6.45) is -3.49. The monoisotopic (exact) mass is 325 g/mol. The Bertz CT molecular complexity index is 71.7. The molecule has 0 radical (unpaired) electrons. The van der Waals surface area contributed by atoms with Gasteiger partial charge in [-0.3, -0.25) is 0 Å². The van der Waals surface area contributed by atoms with Crippen molar-refractivity contribution in [1.82, 2.24) is 0 Å². The summed E-state index contributed by atoms with van der Waals surface area (Å²) in [5.74, 6) is -3.74. The van der Waals surface area contributed by atoms with Gasteiger partial charge in [-0.1, -0.05) is 0 Å². The zero-order chi connectivity index (χ0) is 6.78. The Morgan fingerprint density at radius 1 is 1.38 bits per heavy atom. The second-order valence-electron chi connectivity index (χ2n) is 1.22.